The molecule has 0 saturated heterocycles. The molecule has 0 N–H and O–H groups in total. The zero-order valence-corrected chi connectivity index (χ0v) is 11.8. The molecule has 0 amide bonds. The molecule has 0 aliphatic heterocycles. The SMILES string of the molecule is COC(=O)c1nnn(CC2CC2)c1-c1ccc(Cl)cc1. The highest BCUT2D eigenvalue weighted by atomic mass is 35.5. The van der Waals surface area contributed by atoms with Crippen molar-refractivity contribution in [3.8, 4) is 11.3 Å². The van der Waals surface area contributed by atoms with Crippen LogP contribution in [0.1, 0.15) is 23.3 Å². The van der Waals surface area contributed by atoms with Crippen LogP contribution in [0.5, 0.6) is 0 Å². The molecule has 1 aliphatic carbocycles. The third-order valence-electron chi connectivity index (χ3n) is 3.36. The van der Waals surface area contributed by atoms with Crippen molar-refractivity contribution < 1.29 is 9.53 Å². The first-order valence-electron chi connectivity index (χ1n) is 6.47. The maximum atomic E-state index is 11.8. The molecule has 1 aromatic carbocycles. The third kappa shape index (κ3) is 2.54. The summed E-state index contributed by atoms with van der Waals surface area (Å²) in [6.45, 7) is 0.780. The van der Waals surface area contributed by atoms with Gasteiger partial charge in [0.25, 0.3) is 0 Å². The number of hydrogen-bond acceptors (Lipinski definition) is 4. The minimum absolute atomic E-state index is 0.246. The van der Waals surface area contributed by atoms with Gasteiger partial charge in [-0.05, 0) is 30.9 Å². The fraction of sp³-hybridized carbons (Fsp3) is 0.357. The summed E-state index contributed by atoms with van der Waals surface area (Å²) in [5, 5.41) is 8.72. The van der Waals surface area contributed by atoms with Crippen LogP contribution in [0.4, 0.5) is 0 Å². The third-order valence-corrected chi connectivity index (χ3v) is 3.61. The highest BCUT2D eigenvalue weighted by molar-refractivity contribution is 6.30. The molecule has 6 heteroatoms. The Kier molecular flexibility index (Phi) is 3.44. The predicted molar refractivity (Wildman–Crippen MR) is 74.5 cm³/mol. The van der Waals surface area contributed by atoms with Gasteiger partial charge in [0.1, 0.15) is 5.69 Å². The summed E-state index contributed by atoms with van der Waals surface area (Å²) in [7, 11) is 1.34. The van der Waals surface area contributed by atoms with Gasteiger partial charge >= 0.3 is 5.97 Å². The lowest BCUT2D eigenvalue weighted by Gasteiger charge is -2.07. The minimum atomic E-state index is -0.475. The van der Waals surface area contributed by atoms with Crippen molar-refractivity contribution in [3.63, 3.8) is 0 Å². The van der Waals surface area contributed by atoms with Crippen molar-refractivity contribution in [2.75, 3.05) is 7.11 Å². The first-order valence-corrected chi connectivity index (χ1v) is 6.84. The first-order chi connectivity index (χ1) is 9.69. The van der Waals surface area contributed by atoms with Crippen LogP contribution in [-0.2, 0) is 11.3 Å². The Hall–Kier alpha value is -1.88. The molecule has 0 radical (unpaired) electrons. The van der Waals surface area contributed by atoms with Crippen LogP contribution < -0.4 is 0 Å². The highest BCUT2D eigenvalue weighted by Crippen LogP contribution is 2.33. The lowest BCUT2D eigenvalue weighted by molar-refractivity contribution is 0.0595. The number of rotatable bonds is 4. The smallest absolute Gasteiger partial charge is 0.360 e. The summed E-state index contributed by atoms with van der Waals surface area (Å²) in [5.74, 6) is 0.158. The number of hydrogen-bond donors (Lipinski definition) is 0. The van der Waals surface area contributed by atoms with E-state index >= 15 is 0 Å². The monoisotopic (exact) mass is 291 g/mol. The average Bonchev–Trinajstić information content (AvgIpc) is 3.17. The quantitative estimate of drug-likeness (QED) is 0.813. The van der Waals surface area contributed by atoms with E-state index in [1.54, 1.807) is 16.8 Å². The van der Waals surface area contributed by atoms with E-state index in [0.29, 0.717) is 16.6 Å². The number of nitrogens with zero attached hydrogens (tertiary/aromatic N) is 3. The molecule has 3 rings (SSSR count). The van der Waals surface area contributed by atoms with Crippen LogP contribution in [0.25, 0.3) is 11.3 Å². The maximum absolute atomic E-state index is 11.8. The number of aromatic nitrogens is 3. The summed E-state index contributed by atoms with van der Waals surface area (Å²) >= 11 is 5.91. The van der Waals surface area contributed by atoms with E-state index in [1.807, 2.05) is 12.1 Å². The van der Waals surface area contributed by atoms with E-state index in [4.69, 9.17) is 16.3 Å². The molecule has 1 aliphatic rings. The standard InChI is InChI=1S/C14H14ClN3O2/c1-20-14(19)12-13(10-4-6-11(15)7-5-10)18(17-16-12)8-9-2-3-9/h4-7,9H,2-3,8H2,1H3. The molecule has 0 unspecified atom stereocenters. The van der Waals surface area contributed by atoms with E-state index < -0.39 is 5.97 Å². The second-order valence-electron chi connectivity index (χ2n) is 4.91. The molecule has 0 atom stereocenters. The van der Waals surface area contributed by atoms with Crippen LogP contribution in [0.15, 0.2) is 24.3 Å². The second kappa shape index (κ2) is 5.25. The van der Waals surface area contributed by atoms with Crippen LogP contribution in [0.2, 0.25) is 5.02 Å². The summed E-state index contributed by atoms with van der Waals surface area (Å²) in [6, 6.07) is 7.28. The lowest BCUT2D eigenvalue weighted by Crippen LogP contribution is -2.07. The number of halogens is 1. The zero-order chi connectivity index (χ0) is 14.1. The van der Waals surface area contributed by atoms with Crippen molar-refractivity contribution in [1.82, 2.24) is 15.0 Å². The Morgan fingerprint density at radius 1 is 1.40 bits per heavy atom. The van der Waals surface area contributed by atoms with E-state index in [9.17, 15) is 4.79 Å². The van der Waals surface area contributed by atoms with Gasteiger partial charge in [-0.3, -0.25) is 0 Å². The van der Waals surface area contributed by atoms with Gasteiger partial charge in [-0.25, -0.2) is 9.48 Å². The fourth-order valence-electron chi connectivity index (χ4n) is 2.11. The number of methoxy groups -OCH3 is 1. The Morgan fingerprint density at radius 3 is 2.70 bits per heavy atom. The normalized spacial score (nSPS) is 14.3. The molecule has 2 aromatic rings. The fourth-order valence-corrected chi connectivity index (χ4v) is 2.24. The number of benzene rings is 1. The van der Waals surface area contributed by atoms with Crippen molar-refractivity contribution >= 4 is 17.6 Å². The number of esters is 1. The average molecular weight is 292 g/mol. The van der Waals surface area contributed by atoms with Crippen molar-refractivity contribution in [3.05, 3.63) is 35.0 Å². The van der Waals surface area contributed by atoms with Crippen LogP contribution >= 0.6 is 11.6 Å². The van der Waals surface area contributed by atoms with Crippen molar-refractivity contribution in [1.29, 1.82) is 0 Å². The number of carbonyl (C=O) groups is 1. The molecular formula is C14H14ClN3O2. The van der Waals surface area contributed by atoms with Crippen molar-refractivity contribution in [2.24, 2.45) is 5.92 Å². The van der Waals surface area contributed by atoms with Gasteiger partial charge in [-0.15, -0.1) is 5.10 Å². The predicted octanol–water partition coefficient (Wildman–Crippen LogP) is 2.80. The molecule has 104 valence electrons. The molecule has 5 nitrogen and oxygen atoms in total. The van der Waals surface area contributed by atoms with Gasteiger partial charge in [0, 0.05) is 17.1 Å². The Labute approximate surface area is 121 Å². The molecule has 1 heterocycles. The second-order valence-corrected chi connectivity index (χ2v) is 5.35. The van der Waals surface area contributed by atoms with Gasteiger partial charge in [-0.1, -0.05) is 28.9 Å². The highest BCUT2D eigenvalue weighted by Gasteiger charge is 2.27. The van der Waals surface area contributed by atoms with Gasteiger partial charge in [0.05, 0.1) is 7.11 Å². The largest absolute Gasteiger partial charge is 0.464 e. The Morgan fingerprint density at radius 2 is 2.10 bits per heavy atom. The van der Waals surface area contributed by atoms with E-state index in [1.165, 1.54) is 20.0 Å². The Bertz CT molecular complexity index is 632. The van der Waals surface area contributed by atoms with Crippen LogP contribution in [-0.4, -0.2) is 28.1 Å². The summed E-state index contributed by atoms with van der Waals surface area (Å²) in [6.07, 6.45) is 2.40. The van der Waals surface area contributed by atoms with Gasteiger partial charge in [0.2, 0.25) is 0 Å². The minimum Gasteiger partial charge on any atom is -0.464 e. The van der Waals surface area contributed by atoms with E-state index in [2.05, 4.69) is 10.3 Å². The van der Waals surface area contributed by atoms with Gasteiger partial charge in [0.15, 0.2) is 5.69 Å². The lowest BCUT2D eigenvalue weighted by atomic mass is 10.1. The zero-order valence-electron chi connectivity index (χ0n) is 11.0. The molecule has 1 aromatic heterocycles. The summed E-state index contributed by atoms with van der Waals surface area (Å²) in [4.78, 5) is 11.8. The molecule has 1 fully saturated rings. The molecular weight excluding hydrogens is 278 g/mol. The maximum Gasteiger partial charge on any atom is 0.360 e. The Balaban J connectivity index is 2.05. The molecule has 1 saturated carbocycles. The number of ether oxygens (including phenoxy) is 1. The molecule has 0 spiro atoms. The van der Waals surface area contributed by atoms with E-state index in [0.717, 1.165) is 12.1 Å². The molecule has 20 heavy (non-hydrogen) atoms. The number of carbonyl (C=O) groups excluding carboxylic acids is 1. The van der Waals surface area contributed by atoms with Gasteiger partial charge in [-0.2, -0.15) is 0 Å². The van der Waals surface area contributed by atoms with Gasteiger partial charge < -0.3 is 4.74 Å². The summed E-state index contributed by atoms with van der Waals surface area (Å²) in [5.41, 5.74) is 1.80. The van der Waals surface area contributed by atoms with Crippen LogP contribution in [0, 0.1) is 5.92 Å². The summed E-state index contributed by atoms with van der Waals surface area (Å²) < 4.78 is 6.56. The topological polar surface area (TPSA) is 57.0 Å². The van der Waals surface area contributed by atoms with Crippen molar-refractivity contribution in [2.45, 2.75) is 19.4 Å². The van der Waals surface area contributed by atoms with E-state index in [-0.39, 0.29) is 5.69 Å². The van der Waals surface area contributed by atoms with Crippen LogP contribution in [0.3, 0.4) is 0 Å². The first kappa shape index (κ1) is 13.1. The molecule has 0 bridgehead atoms.